The molecule has 4 rings (SSSR count). The molecule has 0 saturated heterocycles. The highest BCUT2D eigenvalue weighted by Crippen LogP contribution is 2.33. The molecule has 1 aliphatic rings. The Balaban J connectivity index is 1.34. The lowest BCUT2D eigenvalue weighted by Crippen LogP contribution is -2.23. The van der Waals surface area contributed by atoms with Crippen molar-refractivity contribution in [2.24, 2.45) is 0 Å². The molecule has 1 amide bonds. The third kappa shape index (κ3) is 4.17. The van der Waals surface area contributed by atoms with Crippen LogP contribution in [0.15, 0.2) is 40.8 Å². The topological polar surface area (TPSA) is 103 Å². The molecule has 2 N–H and O–H groups in total. The number of hydrogen-bond donors (Lipinski definition) is 2. The van der Waals surface area contributed by atoms with Crippen LogP contribution in [0.1, 0.15) is 23.4 Å². The summed E-state index contributed by atoms with van der Waals surface area (Å²) in [6.45, 7) is 2.29. The average molecular weight is 410 g/mol. The number of rotatable bonds is 7. The van der Waals surface area contributed by atoms with Gasteiger partial charge in [0, 0.05) is 12.0 Å². The van der Waals surface area contributed by atoms with Crippen LogP contribution in [0.25, 0.3) is 11.5 Å². The van der Waals surface area contributed by atoms with Crippen molar-refractivity contribution in [3.63, 3.8) is 0 Å². The number of methoxy groups -OCH3 is 1. The maximum absolute atomic E-state index is 12.3. The number of carbonyl (C=O) groups excluding carboxylic acids is 1. The van der Waals surface area contributed by atoms with Gasteiger partial charge in [-0.15, -0.1) is 0 Å². The van der Waals surface area contributed by atoms with Gasteiger partial charge in [-0.3, -0.25) is 4.79 Å². The maximum atomic E-state index is 12.3. The molecular formula is C22H22N2O6. The van der Waals surface area contributed by atoms with Crippen LogP contribution in [0.5, 0.6) is 23.0 Å². The fourth-order valence-corrected chi connectivity index (χ4v) is 3.15. The van der Waals surface area contributed by atoms with Crippen molar-refractivity contribution in [2.75, 3.05) is 13.9 Å². The van der Waals surface area contributed by atoms with E-state index in [2.05, 4.69) is 10.3 Å². The summed E-state index contributed by atoms with van der Waals surface area (Å²) in [6.07, 6.45) is 0.942. The standard InChI is InChI=1S/C22H22N2O6/c1-13-16(24-22(30-13)15-5-6-17(25)19(10-15)27-2)11-23-21(26)8-4-14-3-7-18-20(9-14)29-12-28-18/h3,5-7,9-10,25H,4,8,11-12H2,1-2H3,(H,23,26). The number of ether oxygens (including phenoxy) is 3. The number of fused-ring (bicyclic) bond motifs is 1. The van der Waals surface area contributed by atoms with Gasteiger partial charge in [-0.2, -0.15) is 0 Å². The number of amides is 1. The van der Waals surface area contributed by atoms with Crippen LogP contribution in [0, 0.1) is 6.92 Å². The van der Waals surface area contributed by atoms with Gasteiger partial charge in [-0.25, -0.2) is 4.98 Å². The number of carbonyl (C=O) groups is 1. The Hall–Kier alpha value is -3.68. The van der Waals surface area contributed by atoms with Gasteiger partial charge in [0.1, 0.15) is 11.5 Å². The first-order valence-corrected chi connectivity index (χ1v) is 9.52. The third-order valence-electron chi connectivity index (χ3n) is 4.85. The van der Waals surface area contributed by atoms with E-state index in [1.807, 2.05) is 18.2 Å². The number of aryl methyl sites for hydroxylation is 2. The Morgan fingerprint density at radius 1 is 1.20 bits per heavy atom. The quantitative estimate of drug-likeness (QED) is 0.616. The van der Waals surface area contributed by atoms with Crippen LogP contribution in [-0.2, 0) is 17.8 Å². The number of aromatic nitrogens is 1. The second-order valence-corrected chi connectivity index (χ2v) is 6.87. The number of hydrogen-bond acceptors (Lipinski definition) is 7. The van der Waals surface area contributed by atoms with Gasteiger partial charge in [0.2, 0.25) is 18.6 Å². The Morgan fingerprint density at radius 2 is 2.03 bits per heavy atom. The fraction of sp³-hybridized carbons (Fsp3) is 0.273. The van der Waals surface area contributed by atoms with Crippen molar-refractivity contribution in [1.29, 1.82) is 0 Å². The molecule has 0 unspecified atom stereocenters. The minimum absolute atomic E-state index is 0.0412. The second-order valence-electron chi connectivity index (χ2n) is 6.87. The van der Waals surface area contributed by atoms with E-state index in [1.54, 1.807) is 19.1 Å². The van der Waals surface area contributed by atoms with Gasteiger partial charge in [-0.05, 0) is 49.2 Å². The maximum Gasteiger partial charge on any atom is 0.231 e. The minimum Gasteiger partial charge on any atom is -0.504 e. The number of nitrogens with one attached hydrogen (secondary N) is 1. The predicted octanol–water partition coefficient (Wildman–Crippen LogP) is 3.34. The van der Waals surface area contributed by atoms with Gasteiger partial charge in [0.15, 0.2) is 23.0 Å². The van der Waals surface area contributed by atoms with E-state index in [0.717, 1.165) is 11.3 Å². The zero-order chi connectivity index (χ0) is 21.1. The number of aromatic hydroxyl groups is 1. The molecule has 1 aliphatic heterocycles. The molecule has 0 fully saturated rings. The highest BCUT2D eigenvalue weighted by atomic mass is 16.7. The summed E-state index contributed by atoms with van der Waals surface area (Å²) in [7, 11) is 1.48. The van der Waals surface area contributed by atoms with Gasteiger partial charge < -0.3 is 29.1 Å². The molecule has 0 aliphatic carbocycles. The van der Waals surface area contributed by atoms with Crippen molar-refractivity contribution in [2.45, 2.75) is 26.3 Å². The molecule has 1 aromatic heterocycles. The smallest absolute Gasteiger partial charge is 0.231 e. The van der Waals surface area contributed by atoms with Gasteiger partial charge in [-0.1, -0.05) is 6.07 Å². The van der Waals surface area contributed by atoms with E-state index >= 15 is 0 Å². The lowest BCUT2D eigenvalue weighted by atomic mass is 10.1. The second kappa shape index (κ2) is 8.36. The molecule has 2 heterocycles. The SMILES string of the molecule is COc1cc(-c2nc(CNC(=O)CCc3ccc4c(c3)OCO4)c(C)o2)ccc1O. The summed E-state index contributed by atoms with van der Waals surface area (Å²) in [5.74, 6) is 2.75. The number of phenolic OH excluding ortho intramolecular Hbond substituents is 1. The highest BCUT2D eigenvalue weighted by Gasteiger charge is 2.16. The van der Waals surface area contributed by atoms with Crippen molar-refractivity contribution in [3.8, 4) is 34.5 Å². The Kier molecular flexibility index (Phi) is 5.47. The van der Waals surface area contributed by atoms with E-state index in [4.69, 9.17) is 18.6 Å². The predicted molar refractivity (Wildman–Crippen MR) is 108 cm³/mol. The van der Waals surface area contributed by atoms with E-state index in [9.17, 15) is 9.90 Å². The summed E-state index contributed by atoms with van der Waals surface area (Å²) in [5.41, 5.74) is 2.33. The lowest BCUT2D eigenvalue weighted by Gasteiger charge is -2.05. The number of oxazole rings is 1. The van der Waals surface area contributed by atoms with Crippen molar-refractivity contribution >= 4 is 5.91 Å². The molecule has 2 aromatic carbocycles. The van der Waals surface area contributed by atoms with Gasteiger partial charge in [0.25, 0.3) is 0 Å². The van der Waals surface area contributed by atoms with Crippen LogP contribution in [-0.4, -0.2) is 29.9 Å². The van der Waals surface area contributed by atoms with Crippen LogP contribution >= 0.6 is 0 Å². The Bertz CT molecular complexity index is 1080. The van der Waals surface area contributed by atoms with Crippen LogP contribution in [0.3, 0.4) is 0 Å². The van der Waals surface area contributed by atoms with E-state index in [1.165, 1.54) is 13.2 Å². The Labute approximate surface area is 173 Å². The van der Waals surface area contributed by atoms with Gasteiger partial charge >= 0.3 is 0 Å². The molecule has 0 spiro atoms. The molecule has 0 radical (unpaired) electrons. The minimum atomic E-state index is -0.0806. The molecular weight excluding hydrogens is 388 g/mol. The first-order valence-electron chi connectivity index (χ1n) is 9.52. The number of benzene rings is 2. The van der Waals surface area contributed by atoms with Crippen molar-refractivity contribution in [1.82, 2.24) is 10.3 Å². The summed E-state index contributed by atoms with van der Waals surface area (Å²) in [4.78, 5) is 16.7. The first-order chi connectivity index (χ1) is 14.5. The number of nitrogens with zero attached hydrogens (tertiary/aromatic N) is 1. The summed E-state index contributed by atoms with van der Waals surface area (Å²) >= 11 is 0. The lowest BCUT2D eigenvalue weighted by molar-refractivity contribution is -0.121. The summed E-state index contributed by atoms with van der Waals surface area (Å²) in [5, 5.41) is 12.6. The molecule has 156 valence electrons. The monoisotopic (exact) mass is 410 g/mol. The fourth-order valence-electron chi connectivity index (χ4n) is 3.15. The van der Waals surface area contributed by atoms with Crippen molar-refractivity contribution in [3.05, 3.63) is 53.4 Å². The number of phenols is 1. The molecule has 8 nitrogen and oxygen atoms in total. The first kappa shape index (κ1) is 19.6. The van der Waals surface area contributed by atoms with Crippen molar-refractivity contribution < 1.29 is 28.5 Å². The summed E-state index contributed by atoms with van der Waals surface area (Å²) < 4.78 is 21.5. The van der Waals surface area contributed by atoms with Crippen LogP contribution < -0.4 is 19.5 Å². The normalized spacial score (nSPS) is 12.1. The van der Waals surface area contributed by atoms with Crippen LogP contribution in [0.4, 0.5) is 0 Å². The van der Waals surface area contributed by atoms with Crippen LogP contribution in [0.2, 0.25) is 0 Å². The Morgan fingerprint density at radius 3 is 2.87 bits per heavy atom. The zero-order valence-corrected chi connectivity index (χ0v) is 16.7. The molecule has 30 heavy (non-hydrogen) atoms. The molecule has 0 saturated carbocycles. The molecule has 3 aromatic rings. The highest BCUT2D eigenvalue weighted by molar-refractivity contribution is 5.76. The zero-order valence-electron chi connectivity index (χ0n) is 16.7. The van der Waals surface area contributed by atoms with Gasteiger partial charge in [0.05, 0.1) is 13.7 Å². The van der Waals surface area contributed by atoms with E-state index in [0.29, 0.717) is 47.2 Å². The molecule has 0 atom stereocenters. The third-order valence-corrected chi connectivity index (χ3v) is 4.85. The largest absolute Gasteiger partial charge is 0.504 e. The average Bonchev–Trinajstić information content (AvgIpc) is 3.37. The van der Waals surface area contributed by atoms with E-state index < -0.39 is 0 Å². The summed E-state index contributed by atoms with van der Waals surface area (Å²) in [6, 6.07) is 10.5. The van der Waals surface area contributed by atoms with E-state index in [-0.39, 0.29) is 25.0 Å². The molecule has 8 heteroatoms. The molecule has 0 bridgehead atoms.